The fourth-order valence-electron chi connectivity index (χ4n) is 1.52. The summed E-state index contributed by atoms with van der Waals surface area (Å²) in [6.07, 6.45) is 1.70. The molecule has 92 valence electrons. The minimum absolute atomic E-state index is 0.272. The summed E-state index contributed by atoms with van der Waals surface area (Å²) < 4.78 is 13.8. The molecule has 0 N–H and O–H groups in total. The maximum Gasteiger partial charge on any atom is 0.185 e. The van der Waals surface area contributed by atoms with E-state index in [1.807, 2.05) is 18.2 Å². The van der Waals surface area contributed by atoms with Crippen LogP contribution < -0.4 is 0 Å². The van der Waals surface area contributed by atoms with Crippen LogP contribution in [-0.2, 0) is 9.47 Å². The van der Waals surface area contributed by atoms with Crippen molar-refractivity contribution in [3.8, 4) is 0 Å². The van der Waals surface area contributed by atoms with Crippen molar-refractivity contribution in [1.29, 1.82) is 0 Å². The Labute approximate surface area is 133 Å². The van der Waals surface area contributed by atoms with Gasteiger partial charge in [-0.3, -0.25) is 0 Å². The van der Waals surface area contributed by atoms with Crippen LogP contribution >= 0.6 is 63.7 Å². The fraction of sp³-hybridized carbons (Fsp3) is 0.273. The summed E-state index contributed by atoms with van der Waals surface area (Å²) in [4.78, 5) is 0. The van der Waals surface area contributed by atoms with Crippen LogP contribution in [0.15, 0.2) is 24.5 Å². The van der Waals surface area contributed by atoms with Crippen LogP contribution in [0.1, 0.15) is 17.4 Å². The lowest BCUT2D eigenvalue weighted by Crippen LogP contribution is -1.99. The molecule has 6 heteroatoms. The molecule has 1 heterocycles. The highest BCUT2D eigenvalue weighted by Gasteiger charge is 2.21. The lowest BCUT2D eigenvalue weighted by molar-refractivity contribution is -0.0446. The molecule has 0 aliphatic carbocycles. The molecule has 0 radical (unpaired) electrons. The molecule has 1 aliphatic heterocycles. The number of hydrogen-bond donors (Lipinski definition) is 0. The molecule has 0 atom stereocenters. The minimum atomic E-state index is -0.272. The van der Waals surface area contributed by atoms with Crippen LogP contribution in [0, 0.1) is 0 Å². The second-order valence-corrected chi connectivity index (χ2v) is 7.88. The summed E-state index contributed by atoms with van der Waals surface area (Å²) in [5.74, 6) is 0. The van der Waals surface area contributed by atoms with Gasteiger partial charge in [0.2, 0.25) is 0 Å². The van der Waals surface area contributed by atoms with Crippen molar-refractivity contribution in [2.24, 2.45) is 0 Å². The predicted molar refractivity (Wildman–Crippen MR) is 82.3 cm³/mol. The third-order valence-corrected chi connectivity index (χ3v) is 4.09. The maximum absolute atomic E-state index is 5.49. The Kier molecular flexibility index (Phi) is 5.27. The van der Waals surface area contributed by atoms with Gasteiger partial charge in [-0.2, -0.15) is 0 Å². The molecule has 0 unspecified atom stereocenters. The molecular weight excluding hydrogens is 484 g/mol. The van der Waals surface area contributed by atoms with Gasteiger partial charge in [0, 0.05) is 14.5 Å². The molecule has 0 saturated carbocycles. The van der Waals surface area contributed by atoms with E-state index in [4.69, 9.17) is 9.47 Å². The Morgan fingerprint density at radius 1 is 1.12 bits per heavy atom. The van der Waals surface area contributed by atoms with Gasteiger partial charge >= 0.3 is 0 Å². The lowest BCUT2D eigenvalue weighted by atomic mass is 10.1. The Balaban J connectivity index is 2.37. The molecule has 0 amide bonds. The first-order valence-corrected chi connectivity index (χ1v) is 8.00. The highest BCUT2D eigenvalue weighted by atomic mass is 79.9. The summed E-state index contributed by atoms with van der Waals surface area (Å²) in [6, 6.07) is 4.03. The second-order valence-electron chi connectivity index (χ2n) is 3.40. The lowest BCUT2D eigenvalue weighted by Gasteiger charge is -2.13. The number of hydrogen-bond acceptors (Lipinski definition) is 2. The van der Waals surface area contributed by atoms with Crippen molar-refractivity contribution in [1.82, 2.24) is 0 Å². The molecule has 1 saturated heterocycles. The quantitative estimate of drug-likeness (QED) is 0.556. The SMILES string of the molecule is BrC(Br)=Cc1cc(Br)c(C2OCCO2)cc1Br. The van der Waals surface area contributed by atoms with E-state index in [2.05, 4.69) is 63.7 Å². The molecule has 2 rings (SSSR count). The summed E-state index contributed by atoms with van der Waals surface area (Å²) in [5.41, 5.74) is 2.06. The largest absolute Gasteiger partial charge is 0.346 e. The monoisotopic (exact) mass is 488 g/mol. The van der Waals surface area contributed by atoms with Crippen LogP contribution in [0.25, 0.3) is 6.08 Å². The molecule has 1 aromatic rings. The first kappa shape index (κ1) is 14.2. The van der Waals surface area contributed by atoms with Crippen molar-refractivity contribution in [3.63, 3.8) is 0 Å². The van der Waals surface area contributed by atoms with E-state index in [0.29, 0.717) is 13.2 Å². The Morgan fingerprint density at radius 2 is 1.76 bits per heavy atom. The minimum Gasteiger partial charge on any atom is -0.346 e. The predicted octanol–water partition coefficient (Wildman–Crippen LogP) is 5.35. The highest BCUT2D eigenvalue weighted by Crippen LogP contribution is 2.35. The van der Waals surface area contributed by atoms with Gasteiger partial charge in [0.15, 0.2) is 6.29 Å². The van der Waals surface area contributed by atoms with E-state index < -0.39 is 0 Å². The van der Waals surface area contributed by atoms with Crippen LogP contribution in [-0.4, -0.2) is 13.2 Å². The van der Waals surface area contributed by atoms with Gasteiger partial charge in [-0.15, -0.1) is 0 Å². The summed E-state index contributed by atoms with van der Waals surface area (Å²) in [7, 11) is 0. The van der Waals surface area contributed by atoms with Gasteiger partial charge < -0.3 is 9.47 Å². The van der Waals surface area contributed by atoms with Crippen molar-refractivity contribution < 1.29 is 9.47 Å². The average molecular weight is 492 g/mol. The molecule has 2 nitrogen and oxygen atoms in total. The topological polar surface area (TPSA) is 18.5 Å². The van der Waals surface area contributed by atoms with E-state index in [9.17, 15) is 0 Å². The smallest absolute Gasteiger partial charge is 0.185 e. The van der Waals surface area contributed by atoms with E-state index in [-0.39, 0.29) is 6.29 Å². The molecule has 1 aliphatic rings. The number of benzene rings is 1. The molecule has 17 heavy (non-hydrogen) atoms. The van der Waals surface area contributed by atoms with Gasteiger partial charge in [-0.25, -0.2) is 0 Å². The van der Waals surface area contributed by atoms with E-state index in [0.717, 1.165) is 23.5 Å². The van der Waals surface area contributed by atoms with Gasteiger partial charge in [0.1, 0.15) is 0 Å². The zero-order valence-electron chi connectivity index (χ0n) is 8.55. The molecule has 1 aromatic carbocycles. The first-order chi connectivity index (χ1) is 8.08. The third-order valence-electron chi connectivity index (χ3n) is 2.26. The first-order valence-electron chi connectivity index (χ1n) is 4.83. The van der Waals surface area contributed by atoms with Crippen LogP contribution in [0.2, 0.25) is 0 Å². The Hall–Kier alpha value is 0.800. The van der Waals surface area contributed by atoms with E-state index in [1.165, 1.54) is 0 Å². The molecule has 0 spiro atoms. The van der Waals surface area contributed by atoms with Gasteiger partial charge in [0.05, 0.1) is 16.6 Å². The van der Waals surface area contributed by atoms with Gasteiger partial charge in [0.25, 0.3) is 0 Å². The number of rotatable bonds is 2. The highest BCUT2D eigenvalue weighted by molar-refractivity contribution is 9.28. The number of ether oxygens (including phenoxy) is 2. The molecule has 0 aromatic heterocycles. The van der Waals surface area contributed by atoms with Gasteiger partial charge in [-0.1, -0.05) is 31.9 Å². The van der Waals surface area contributed by atoms with Crippen LogP contribution in [0.3, 0.4) is 0 Å². The zero-order valence-corrected chi connectivity index (χ0v) is 14.9. The van der Waals surface area contributed by atoms with E-state index in [1.54, 1.807) is 0 Å². The Bertz CT molecular complexity index is 449. The normalized spacial score (nSPS) is 16.2. The van der Waals surface area contributed by atoms with Crippen molar-refractivity contribution in [2.75, 3.05) is 13.2 Å². The van der Waals surface area contributed by atoms with Gasteiger partial charge in [-0.05, 0) is 55.6 Å². The average Bonchev–Trinajstić information content (AvgIpc) is 2.75. The van der Waals surface area contributed by atoms with Crippen molar-refractivity contribution in [3.05, 3.63) is 35.6 Å². The Morgan fingerprint density at radius 3 is 2.35 bits per heavy atom. The summed E-state index contributed by atoms with van der Waals surface area (Å²) >= 11 is 13.8. The van der Waals surface area contributed by atoms with Crippen LogP contribution in [0.4, 0.5) is 0 Å². The third kappa shape index (κ3) is 3.64. The molecular formula is C11H8Br4O2. The molecule has 0 bridgehead atoms. The standard InChI is InChI=1S/C11H8Br4O2/c12-8-5-7(11-16-1-2-17-11)9(13)3-6(8)4-10(14)15/h3-5,11H,1-2H2. The number of halogens is 4. The van der Waals surface area contributed by atoms with E-state index >= 15 is 0 Å². The fourth-order valence-corrected chi connectivity index (χ4v) is 3.04. The van der Waals surface area contributed by atoms with Crippen molar-refractivity contribution >= 4 is 69.8 Å². The zero-order chi connectivity index (χ0) is 12.4. The molecule has 1 fully saturated rings. The second kappa shape index (κ2) is 6.30. The maximum atomic E-state index is 5.49. The van der Waals surface area contributed by atoms with Crippen molar-refractivity contribution in [2.45, 2.75) is 6.29 Å². The summed E-state index contributed by atoms with van der Waals surface area (Å²) in [6.45, 7) is 1.28. The van der Waals surface area contributed by atoms with Crippen LogP contribution in [0.5, 0.6) is 0 Å². The summed E-state index contributed by atoms with van der Waals surface area (Å²) in [5, 5.41) is 0.